The first kappa shape index (κ1) is 21.9. The maximum absolute atomic E-state index is 12.8. The van der Waals surface area contributed by atoms with Crippen LogP contribution in [0.5, 0.6) is 5.75 Å². The van der Waals surface area contributed by atoms with Gasteiger partial charge in [-0.15, -0.1) is 0 Å². The minimum absolute atomic E-state index is 0.0272. The third kappa shape index (κ3) is 5.65. The van der Waals surface area contributed by atoms with Gasteiger partial charge in [-0.1, -0.05) is 12.1 Å². The number of hydrogen-bond acceptors (Lipinski definition) is 5. The lowest BCUT2D eigenvalue weighted by atomic mass is 10.1. The Morgan fingerprint density at radius 3 is 2.45 bits per heavy atom. The monoisotopic (exact) mass is 426 g/mol. The van der Waals surface area contributed by atoms with Crippen LogP contribution < -0.4 is 10.1 Å². The molecule has 1 aromatic heterocycles. The summed E-state index contributed by atoms with van der Waals surface area (Å²) in [7, 11) is 0. The zero-order chi connectivity index (χ0) is 22.4. The average molecular weight is 426 g/mol. The standard InChI is InChI=1S/C22H23FN4O4/c1-15-21(27(29)30)16(2)26(25-15)14-17-4-6-18(7-5-17)22(28)24-12-3-13-31-20-10-8-19(23)9-11-20/h4-11H,3,12-14H2,1-2H3,(H,24,28). The number of carbonyl (C=O) groups is 1. The fraction of sp³-hybridized carbons (Fsp3) is 0.273. The quantitative estimate of drug-likeness (QED) is 0.319. The molecule has 9 heteroatoms. The highest BCUT2D eigenvalue weighted by Gasteiger charge is 2.21. The first-order valence-corrected chi connectivity index (χ1v) is 9.79. The van der Waals surface area contributed by atoms with E-state index < -0.39 is 4.92 Å². The summed E-state index contributed by atoms with van der Waals surface area (Å²) in [6.07, 6.45) is 0.609. The van der Waals surface area contributed by atoms with E-state index in [9.17, 15) is 19.3 Å². The summed E-state index contributed by atoms with van der Waals surface area (Å²) >= 11 is 0. The molecular weight excluding hydrogens is 403 g/mol. The molecule has 1 heterocycles. The largest absolute Gasteiger partial charge is 0.494 e. The molecule has 0 spiro atoms. The summed E-state index contributed by atoms with van der Waals surface area (Å²) in [6.45, 7) is 4.50. The molecule has 0 saturated heterocycles. The summed E-state index contributed by atoms with van der Waals surface area (Å²) < 4.78 is 19.9. The van der Waals surface area contributed by atoms with Gasteiger partial charge in [0.2, 0.25) is 0 Å². The molecule has 0 radical (unpaired) electrons. The number of nitrogens with zero attached hydrogens (tertiary/aromatic N) is 3. The van der Waals surface area contributed by atoms with Gasteiger partial charge < -0.3 is 10.1 Å². The maximum atomic E-state index is 12.8. The minimum Gasteiger partial charge on any atom is -0.494 e. The van der Waals surface area contributed by atoms with Gasteiger partial charge in [-0.2, -0.15) is 5.10 Å². The van der Waals surface area contributed by atoms with Crippen molar-refractivity contribution in [3.63, 3.8) is 0 Å². The third-order valence-corrected chi connectivity index (χ3v) is 4.76. The molecule has 1 N–H and O–H groups in total. The average Bonchev–Trinajstić information content (AvgIpc) is 3.02. The van der Waals surface area contributed by atoms with Crippen molar-refractivity contribution in [1.29, 1.82) is 0 Å². The number of aromatic nitrogens is 2. The maximum Gasteiger partial charge on any atom is 0.312 e. The fourth-order valence-corrected chi connectivity index (χ4v) is 3.14. The van der Waals surface area contributed by atoms with E-state index in [1.807, 2.05) is 0 Å². The Morgan fingerprint density at radius 2 is 1.84 bits per heavy atom. The molecule has 2 aromatic carbocycles. The highest BCUT2D eigenvalue weighted by Crippen LogP contribution is 2.22. The molecule has 0 fully saturated rings. The van der Waals surface area contributed by atoms with Crippen molar-refractivity contribution in [3.05, 3.63) is 87.0 Å². The number of carbonyl (C=O) groups excluding carboxylic acids is 1. The van der Waals surface area contributed by atoms with Gasteiger partial charge in [0, 0.05) is 12.1 Å². The lowest BCUT2D eigenvalue weighted by molar-refractivity contribution is -0.386. The number of aryl methyl sites for hydroxylation is 1. The molecule has 0 aliphatic heterocycles. The number of hydrogen-bond donors (Lipinski definition) is 1. The van der Waals surface area contributed by atoms with Gasteiger partial charge in [0.05, 0.1) is 18.1 Å². The van der Waals surface area contributed by atoms with Crippen molar-refractivity contribution in [2.24, 2.45) is 0 Å². The predicted octanol–water partition coefficient (Wildman–Crippen LogP) is 3.79. The first-order valence-electron chi connectivity index (χ1n) is 9.79. The van der Waals surface area contributed by atoms with Crippen LogP contribution in [0.25, 0.3) is 0 Å². The molecule has 1 amide bonds. The molecule has 0 aliphatic rings. The van der Waals surface area contributed by atoms with Gasteiger partial charge >= 0.3 is 5.69 Å². The van der Waals surface area contributed by atoms with E-state index in [4.69, 9.17) is 4.74 Å². The Morgan fingerprint density at radius 1 is 1.16 bits per heavy atom. The summed E-state index contributed by atoms with van der Waals surface area (Å²) in [5.74, 6) is 0.0631. The van der Waals surface area contributed by atoms with Gasteiger partial charge in [-0.25, -0.2) is 4.39 Å². The highest BCUT2D eigenvalue weighted by atomic mass is 19.1. The van der Waals surface area contributed by atoms with Crippen molar-refractivity contribution in [2.45, 2.75) is 26.8 Å². The van der Waals surface area contributed by atoms with Crippen molar-refractivity contribution < 1.29 is 18.8 Å². The minimum atomic E-state index is -0.424. The molecule has 0 atom stereocenters. The number of nitrogens with one attached hydrogen (secondary N) is 1. The highest BCUT2D eigenvalue weighted by molar-refractivity contribution is 5.94. The Bertz CT molecular complexity index is 1060. The molecule has 0 saturated carbocycles. The van der Waals surface area contributed by atoms with Crippen molar-refractivity contribution in [1.82, 2.24) is 15.1 Å². The van der Waals surface area contributed by atoms with Crippen molar-refractivity contribution in [2.75, 3.05) is 13.2 Å². The van der Waals surface area contributed by atoms with E-state index in [-0.39, 0.29) is 17.4 Å². The number of halogens is 1. The van der Waals surface area contributed by atoms with Gasteiger partial charge in [0.25, 0.3) is 5.91 Å². The lowest BCUT2D eigenvalue weighted by Gasteiger charge is -2.08. The molecule has 0 bridgehead atoms. The Kier molecular flexibility index (Phi) is 6.96. The molecule has 0 aliphatic carbocycles. The van der Waals surface area contributed by atoms with Gasteiger partial charge in [-0.05, 0) is 62.2 Å². The SMILES string of the molecule is Cc1nn(Cc2ccc(C(=O)NCCCOc3ccc(F)cc3)cc2)c(C)c1[N+](=O)[O-]. The van der Waals surface area contributed by atoms with E-state index in [0.717, 1.165) is 5.56 Å². The van der Waals surface area contributed by atoms with E-state index in [0.29, 0.717) is 48.8 Å². The molecule has 31 heavy (non-hydrogen) atoms. The van der Waals surface area contributed by atoms with Crippen LogP contribution in [0, 0.1) is 29.8 Å². The second-order valence-electron chi connectivity index (χ2n) is 7.04. The van der Waals surface area contributed by atoms with Gasteiger partial charge in [-0.3, -0.25) is 19.6 Å². The van der Waals surface area contributed by atoms with Crippen LogP contribution >= 0.6 is 0 Å². The smallest absolute Gasteiger partial charge is 0.312 e. The number of benzene rings is 2. The fourth-order valence-electron chi connectivity index (χ4n) is 3.14. The second-order valence-corrected chi connectivity index (χ2v) is 7.04. The molecule has 3 aromatic rings. The van der Waals surface area contributed by atoms with Gasteiger partial charge in [0.15, 0.2) is 0 Å². The van der Waals surface area contributed by atoms with Crippen LogP contribution in [0.3, 0.4) is 0 Å². The molecule has 8 nitrogen and oxygen atoms in total. The van der Waals surface area contributed by atoms with E-state index in [1.54, 1.807) is 54.9 Å². The van der Waals surface area contributed by atoms with Crippen molar-refractivity contribution in [3.8, 4) is 5.75 Å². The van der Waals surface area contributed by atoms with Gasteiger partial charge in [0.1, 0.15) is 23.0 Å². The number of nitro groups is 1. The Balaban J connectivity index is 1.47. The zero-order valence-electron chi connectivity index (χ0n) is 17.3. The van der Waals surface area contributed by atoms with Crippen molar-refractivity contribution >= 4 is 11.6 Å². The summed E-state index contributed by atoms with van der Waals surface area (Å²) in [5, 5.41) is 18.2. The first-order chi connectivity index (χ1) is 14.8. The van der Waals surface area contributed by atoms with Crippen LogP contribution in [-0.2, 0) is 6.54 Å². The van der Waals surface area contributed by atoms with E-state index in [1.165, 1.54) is 12.1 Å². The van der Waals surface area contributed by atoms with Crippen LogP contribution in [0.1, 0.15) is 33.7 Å². The normalized spacial score (nSPS) is 10.7. The molecule has 3 rings (SSSR count). The van der Waals surface area contributed by atoms with Crippen LogP contribution in [0.2, 0.25) is 0 Å². The van der Waals surface area contributed by atoms with Crippen LogP contribution in [0.15, 0.2) is 48.5 Å². The summed E-state index contributed by atoms with van der Waals surface area (Å²) in [4.78, 5) is 23.0. The summed E-state index contributed by atoms with van der Waals surface area (Å²) in [6, 6.07) is 12.8. The van der Waals surface area contributed by atoms with E-state index >= 15 is 0 Å². The molecular formula is C22H23FN4O4. The van der Waals surface area contributed by atoms with E-state index in [2.05, 4.69) is 10.4 Å². The predicted molar refractivity (Wildman–Crippen MR) is 113 cm³/mol. The Labute approximate surface area is 178 Å². The number of ether oxygens (including phenoxy) is 1. The second kappa shape index (κ2) is 9.84. The topological polar surface area (TPSA) is 99.3 Å². The van der Waals surface area contributed by atoms with Crippen LogP contribution in [0.4, 0.5) is 10.1 Å². The number of amides is 1. The third-order valence-electron chi connectivity index (χ3n) is 4.76. The molecule has 0 unspecified atom stereocenters. The molecule has 162 valence electrons. The zero-order valence-corrected chi connectivity index (χ0v) is 17.3. The Hall–Kier alpha value is -3.75. The summed E-state index contributed by atoms with van der Waals surface area (Å²) in [5.41, 5.74) is 2.29. The van der Waals surface area contributed by atoms with Crippen LogP contribution in [-0.4, -0.2) is 33.8 Å². The number of rotatable bonds is 9. The lowest BCUT2D eigenvalue weighted by Crippen LogP contribution is -2.25.